The molecule has 4 atom stereocenters. The van der Waals surface area contributed by atoms with Gasteiger partial charge >= 0.3 is 7.12 Å². The molecule has 0 saturated carbocycles. The van der Waals surface area contributed by atoms with E-state index in [1.165, 1.54) is 6.92 Å². The number of oxime groups is 1. The molecule has 0 heterocycles. The van der Waals surface area contributed by atoms with E-state index in [9.17, 15) is 24.4 Å². The minimum Gasteiger partial charge on any atom is -0.426 e. The molecule has 0 aromatic heterocycles. The zero-order chi connectivity index (χ0) is 27.3. The largest absolute Gasteiger partial charge is 0.475 e. The summed E-state index contributed by atoms with van der Waals surface area (Å²) in [6.45, 7) is 5.10. The van der Waals surface area contributed by atoms with Gasteiger partial charge in [0.1, 0.15) is 18.7 Å². The fourth-order valence-electron chi connectivity index (χ4n) is 3.24. The Labute approximate surface area is 211 Å². The van der Waals surface area contributed by atoms with Crippen LogP contribution in [0.3, 0.4) is 0 Å². The van der Waals surface area contributed by atoms with Crippen molar-refractivity contribution in [3.8, 4) is 0 Å². The first-order valence-corrected chi connectivity index (χ1v) is 11.7. The predicted octanol–water partition coefficient (Wildman–Crippen LogP) is -2.32. The van der Waals surface area contributed by atoms with Crippen molar-refractivity contribution in [1.82, 2.24) is 16.0 Å². The molecule has 14 heteroatoms. The Morgan fingerprint density at radius 3 is 2.08 bits per heavy atom. The van der Waals surface area contributed by atoms with E-state index in [0.717, 1.165) is 5.56 Å². The molecule has 36 heavy (non-hydrogen) atoms. The Morgan fingerprint density at radius 1 is 0.972 bits per heavy atom. The van der Waals surface area contributed by atoms with Crippen molar-refractivity contribution in [2.24, 2.45) is 28.3 Å². The van der Waals surface area contributed by atoms with E-state index < -0.39 is 48.9 Å². The normalized spacial score (nSPS) is 14.1. The minimum absolute atomic E-state index is 0.0217. The van der Waals surface area contributed by atoms with E-state index in [1.54, 1.807) is 24.3 Å². The van der Waals surface area contributed by atoms with Crippen LogP contribution in [0.2, 0.25) is 0 Å². The zero-order valence-corrected chi connectivity index (χ0v) is 20.9. The van der Waals surface area contributed by atoms with Gasteiger partial charge in [0.25, 0.3) is 0 Å². The molecule has 0 aliphatic heterocycles. The molecule has 1 aromatic rings. The second-order valence-corrected chi connectivity index (χ2v) is 8.90. The lowest BCUT2D eigenvalue weighted by Crippen LogP contribution is -2.58. The number of hydrogen-bond donors (Lipinski definition) is 8. The van der Waals surface area contributed by atoms with Crippen LogP contribution in [0.5, 0.6) is 0 Å². The first kappa shape index (κ1) is 30.7. The van der Waals surface area contributed by atoms with Gasteiger partial charge in [-0.25, -0.2) is 0 Å². The number of amides is 3. The number of guanidine groups is 1. The number of rotatable bonds is 15. The van der Waals surface area contributed by atoms with E-state index in [1.807, 2.05) is 19.9 Å². The third kappa shape index (κ3) is 11.9. The molecule has 200 valence electrons. The molecule has 0 saturated heterocycles. The quantitative estimate of drug-likeness (QED) is 0.0418. The van der Waals surface area contributed by atoms with Crippen molar-refractivity contribution in [2.75, 3.05) is 6.61 Å². The average molecular weight is 507 g/mol. The van der Waals surface area contributed by atoms with Gasteiger partial charge < -0.3 is 48.0 Å². The summed E-state index contributed by atoms with van der Waals surface area (Å²) >= 11 is 0. The molecule has 0 radical (unpaired) electrons. The molecular formula is C22H38BN7O6. The van der Waals surface area contributed by atoms with Crippen LogP contribution in [0.4, 0.5) is 0 Å². The van der Waals surface area contributed by atoms with E-state index in [2.05, 4.69) is 21.1 Å². The highest BCUT2D eigenvalue weighted by molar-refractivity contribution is 6.43. The maximum Gasteiger partial charge on any atom is 0.475 e. The summed E-state index contributed by atoms with van der Waals surface area (Å²) in [7, 11) is -1.78. The molecule has 0 aliphatic rings. The Morgan fingerprint density at radius 2 is 1.56 bits per heavy atom. The third-order valence-electron chi connectivity index (χ3n) is 5.04. The summed E-state index contributed by atoms with van der Waals surface area (Å²) in [6.07, 6.45) is 0.406. The third-order valence-corrected chi connectivity index (χ3v) is 5.04. The van der Waals surface area contributed by atoms with E-state index >= 15 is 0 Å². The van der Waals surface area contributed by atoms with Crippen molar-refractivity contribution in [1.29, 1.82) is 0 Å². The Balaban J connectivity index is 3.09. The smallest absolute Gasteiger partial charge is 0.426 e. The van der Waals surface area contributed by atoms with Crippen molar-refractivity contribution >= 4 is 30.8 Å². The molecule has 1 aromatic carbocycles. The van der Waals surface area contributed by atoms with Gasteiger partial charge in [-0.2, -0.15) is 0 Å². The molecule has 0 bridgehead atoms. The van der Waals surface area contributed by atoms with Gasteiger partial charge in [0.15, 0.2) is 0 Å². The molecule has 0 fully saturated rings. The van der Waals surface area contributed by atoms with Crippen LogP contribution in [-0.2, 0) is 25.6 Å². The van der Waals surface area contributed by atoms with Crippen molar-refractivity contribution in [2.45, 2.75) is 64.1 Å². The second-order valence-electron chi connectivity index (χ2n) is 8.90. The fraction of sp³-hybridized carbons (Fsp3) is 0.545. The first-order chi connectivity index (χ1) is 16.9. The van der Waals surface area contributed by atoms with Crippen molar-refractivity contribution in [3.05, 3.63) is 35.9 Å². The maximum atomic E-state index is 13.1. The lowest BCUT2D eigenvalue weighted by Gasteiger charge is -2.26. The summed E-state index contributed by atoms with van der Waals surface area (Å²) in [6, 6.07) is 5.89. The number of carbonyl (C=O) groups is 3. The van der Waals surface area contributed by atoms with Gasteiger partial charge in [0.2, 0.25) is 23.7 Å². The monoisotopic (exact) mass is 507 g/mol. The average Bonchev–Trinajstić information content (AvgIpc) is 2.79. The summed E-state index contributed by atoms with van der Waals surface area (Å²) in [4.78, 5) is 43.4. The second kappa shape index (κ2) is 15.6. The number of benzene rings is 1. The lowest BCUT2D eigenvalue weighted by atomic mass is 9.75. The van der Waals surface area contributed by atoms with Crippen LogP contribution in [0, 0.1) is 5.92 Å². The van der Waals surface area contributed by atoms with Gasteiger partial charge in [-0.3, -0.25) is 14.4 Å². The van der Waals surface area contributed by atoms with Gasteiger partial charge in [-0.05, 0) is 30.0 Å². The summed E-state index contributed by atoms with van der Waals surface area (Å²) in [5.41, 5.74) is 16.8. The van der Waals surface area contributed by atoms with Crippen LogP contribution in [0.25, 0.3) is 0 Å². The number of nitrogens with two attached hydrogens (primary N) is 3. The highest BCUT2D eigenvalue weighted by Crippen LogP contribution is 2.09. The number of hydrogen-bond acceptors (Lipinski definition) is 8. The molecule has 3 amide bonds. The van der Waals surface area contributed by atoms with Crippen LogP contribution in [-0.4, -0.2) is 71.5 Å². The molecule has 0 spiro atoms. The van der Waals surface area contributed by atoms with Crippen LogP contribution >= 0.6 is 0 Å². The molecule has 13 nitrogen and oxygen atoms in total. The predicted molar refractivity (Wildman–Crippen MR) is 136 cm³/mol. The zero-order valence-electron chi connectivity index (χ0n) is 20.9. The van der Waals surface area contributed by atoms with Gasteiger partial charge in [-0.15, -0.1) is 0 Å². The summed E-state index contributed by atoms with van der Waals surface area (Å²) in [5.74, 6) is -3.03. The number of nitrogens with zero attached hydrogens (tertiary/aromatic N) is 1. The molecule has 0 aliphatic carbocycles. The number of nitrogens with one attached hydrogen (secondary N) is 3. The summed E-state index contributed by atoms with van der Waals surface area (Å²) < 4.78 is 0. The van der Waals surface area contributed by atoms with Crippen molar-refractivity contribution in [3.63, 3.8) is 0 Å². The van der Waals surface area contributed by atoms with Crippen LogP contribution < -0.4 is 33.2 Å². The van der Waals surface area contributed by atoms with Crippen LogP contribution in [0.15, 0.2) is 35.5 Å². The Kier molecular flexibility index (Phi) is 13.3. The van der Waals surface area contributed by atoms with E-state index in [0.29, 0.717) is 6.42 Å². The highest BCUT2D eigenvalue weighted by Gasteiger charge is 2.32. The van der Waals surface area contributed by atoms with E-state index in [-0.39, 0.29) is 31.3 Å². The summed E-state index contributed by atoms with van der Waals surface area (Å²) in [5, 5.41) is 30.6. The Hall–Kier alpha value is -3.36. The first-order valence-electron chi connectivity index (χ1n) is 11.7. The molecule has 0 unspecified atom stereocenters. The van der Waals surface area contributed by atoms with Crippen LogP contribution in [0.1, 0.15) is 39.2 Å². The standard InChI is InChI=1S/C22H38BN7O6/c1-13(2)11-18(23(34)35)29-21(33)17(12-15-7-5-4-6-8-15)28-20(32)16(27-19(31)14(3)24)9-10-36-30-22(25)26/h4-8,13-14,16-18,34-35H,9-12,24H2,1-3H3,(H,27,31)(H,28,32)(H,29,33)(H4,25,26,30)/t14-,16-,17-,18-/m0/s1. The number of carbonyl (C=O) groups excluding carboxylic acids is 3. The topological polar surface area (TPSA) is 227 Å². The van der Waals surface area contributed by atoms with Gasteiger partial charge in [0, 0.05) is 12.8 Å². The molecular weight excluding hydrogens is 469 g/mol. The van der Waals surface area contributed by atoms with Gasteiger partial charge in [-0.1, -0.05) is 44.2 Å². The van der Waals surface area contributed by atoms with Crippen molar-refractivity contribution < 1.29 is 29.3 Å². The molecule has 1 rings (SSSR count). The fourth-order valence-corrected chi connectivity index (χ4v) is 3.24. The minimum atomic E-state index is -1.78. The SMILES string of the molecule is CC(C)C[C@H](NC(=O)[C@H](Cc1ccccc1)NC(=O)[C@H](CCON=C(N)N)NC(=O)[C@H](C)N)B(O)O. The lowest BCUT2D eigenvalue weighted by molar-refractivity contribution is -0.132. The highest BCUT2D eigenvalue weighted by atomic mass is 16.6. The molecule has 11 N–H and O–H groups in total. The Bertz CT molecular complexity index is 866. The maximum absolute atomic E-state index is 13.1. The van der Waals surface area contributed by atoms with Gasteiger partial charge in [0.05, 0.1) is 12.0 Å². The van der Waals surface area contributed by atoms with E-state index in [4.69, 9.17) is 22.0 Å².